The summed E-state index contributed by atoms with van der Waals surface area (Å²) in [6.45, 7) is 10.9. The molecular weight excluding hydrogens is 236 g/mol. The van der Waals surface area contributed by atoms with Crippen LogP contribution in [0.1, 0.15) is 27.2 Å². The number of hydrogen-bond acceptors (Lipinski definition) is 4. The Hall–Kier alpha value is -0.230. The third-order valence-electron chi connectivity index (χ3n) is 2.57. The van der Waals surface area contributed by atoms with Gasteiger partial charge in [0.25, 0.3) is 0 Å². The normalized spacial score (nSPS) is 12.9. The Morgan fingerprint density at radius 3 is 2.00 bits per heavy atom. The van der Waals surface area contributed by atoms with Crippen LogP contribution in [0.15, 0.2) is 0 Å². The van der Waals surface area contributed by atoms with E-state index < -0.39 is 0 Å². The summed E-state index contributed by atoms with van der Waals surface area (Å²) in [5.41, 5.74) is 5.58. The summed E-state index contributed by atoms with van der Waals surface area (Å²) < 4.78 is 10.8. The van der Waals surface area contributed by atoms with E-state index in [1.807, 2.05) is 13.8 Å². The van der Waals surface area contributed by atoms with Crippen LogP contribution in [0.4, 0.5) is 0 Å². The van der Waals surface area contributed by atoms with Crippen molar-refractivity contribution in [2.24, 2.45) is 5.73 Å². The number of nitrogens with zero attached hydrogens (tertiary/aromatic N) is 1. The van der Waals surface area contributed by atoms with E-state index in [4.69, 9.17) is 27.4 Å². The molecule has 0 aromatic carbocycles. The highest BCUT2D eigenvalue weighted by molar-refractivity contribution is 7.80. The molecule has 102 valence electrons. The van der Waals surface area contributed by atoms with E-state index in [1.165, 1.54) is 0 Å². The Labute approximate surface area is 110 Å². The van der Waals surface area contributed by atoms with Crippen LogP contribution < -0.4 is 5.73 Å². The van der Waals surface area contributed by atoms with Crippen molar-refractivity contribution < 1.29 is 9.47 Å². The fraction of sp³-hybridized carbons (Fsp3) is 0.917. The third-order valence-corrected chi connectivity index (χ3v) is 2.74. The molecule has 5 heteroatoms. The Kier molecular flexibility index (Phi) is 10.7. The molecular formula is C12H26N2O2S. The standard InChI is InChI=1S/C12H26N2O2S/c1-4-15-8-6-14(7-9-16-5-2)11(3)10-12(13)17/h11H,4-10H2,1-3H3,(H2,13,17). The van der Waals surface area contributed by atoms with Crippen LogP contribution in [-0.2, 0) is 9.47 Å². The molecule has 0 aromatic heterocycles. The van der Waals surface area contributed by atoms with Crippen molar-refractivity contribution in [1.82, 2.24) is 4.90 Å². The van der Waals surface area contributed by atoms with Crippen molar-refractivity contribution in [2.45, 2.75) is 33.2 Å². The number of rotatable bonds is 11. The second kappa shape index (κ2) is 10.9. The van der Waals surface area contributed by atoms with E-state index in [0.717, 1.165) is 45.9 Å². The molecule has 0 aliphatic rings. The van der Waals surface area contributed by atoms with Gasteiger partial charge in [-0.3, -0.25) is 4.90 Å². The van der Waals surface area contributed by atoms with E-state index in [-0.39, 0.29) is 0 Å². The number of thiocarbonyl (C=S) groups is 1. The Balaban J connectivity index is 4.02. The van der Waals surface area contributed by atoms with Gasteiger partial charge >= 0.3 is 0 Å². The summed E-state index contributed by atoms with van der Waals surface area (Å²) in [4.78, 5) is 2.88. The third kappa shape index (κ3) is 9.47. The fourth-order valence-corrected chi connectivity index (χ4v) is 1.87. The second-order valence-corrected chi connectivity index (χ2v) is 4.47. The minimum atomic E-state index is 0.341. The van der Waals surface area contributed by atoms with Crippen molar-refractivity contribution >= 4 is 17.2 Å². The number of hydrogen-bond donors (Lipinski definition) is 1. The largest absolute Gasteiger partial charge is 0.393 e. The van der Waals surface area contributed by atoms with Crippen LogP contribution in [0.5, 0.6) is 0 Å². The molecule has 0 amide bonds. The maximum atomic E-state index is 5.58. The van der Waals surface area contributed by atoms with Gasteiger partial charge in [0.1, 0.15) is 0 Å². The van der Waals surface area contributed by atoms with Crippen LogP contribution in [0, 0.1) is 0 Å². The van der Waals surface area contributed by atoms with Gasteiger partial charge in [-0.05, 0) is 20.8 Å². The molecule has 0 fully saturated rings. The van der Waals surface area contributed by atoms with Crippen LogP contribution >= 0.6 is 12.2 Å². The minimum absolute atomic E-state index is 0.341. The second-order valence-electron chi connectivity index (χ2n) is 3.95. The summed E-state index contributed by atoms with van der Waals surface area (Å²) in [5.74, 6) is 0. The summed E-state index contributed by atoms with van der Waals surface area (Å²) >= 11 is 4.95. The lowest BCUT2D eigenvalue weighted by molar-refractivity contribution is 0.0677. The lowest BCUT2D eigenvalue weighted by Gasteiger charge is -2.28. The van der Waals surface area contributed by atoms with Crippen molar-refractivity contribution in [1.29, 1.82) is 0 Å². The van der Waals surface area contributed by atoms with Gasteiger partial charge in [0.15, 0.2) is 0 Å². The molecule has 4 nitrogen and oxygen atoms in total. The van der Waals surface area contributed by atoms with E-state index in [9.17, 15) is 0 Å². The predicted octanol–water partition coefficient (Wildman–Crippen LogP) is 1.43. The molecule has 1 unspecified atom stereocenters. The molecule has 0 radical (unpaired) electrons. The van der Waals surface area contributed by atoms with Gasteiger partial charge in [-0.2, -0.15) is 0 Å². The molecule has 0 saturated carbocycles. The molecule has 0 saturated heterocycles. The Bertz CT molecular complexity index is 193. The van der Waals surface area contributed by atoms with E-state index >= 15 is 0 Å². The van der Waals surface area contributed by atoms with Gasteiger partial charge in [-0.15, -0.1) is 0 Å². The van der Waals surface area contributed by atoms with Crippen LogP contribution in [-0.4, -0.2) is 55.4 Å². The maximum Gasteiger partial charge on any atom is 0.0742 e. The van der Waals surface area contributed by atoms with Gasteiger partial charge in [0.2, 0.25) is 0 Å². The van der Waals surface area contributed by atoms with Crippen molar-refractivity contribution in [3.8, 4) is 0 Å². The molecule has 0 aliphatic carbocycles. The zero-order valence-electron chi connectivity index (χ0n) is 11.3. The zero-order chi connectivity index (χ0) is 13.1. The summed E-state index contributed by atoms with van der Waals surface area (Å²) in [6, 6.07) is 0.341. The van der Waals surface area contributed by atoms with Crippen LogP contribution in [0.25, 0.3) is 0 Å². The highest BCUT2D eigenvalue weighted by atomic mass is 32.1. The van der Waals surface area contributed by atoms with Crippen molar-refractivity contribution in [3.05, 3.63) is 0 Å². The van der Waals surface area contributed by atoms with Crippen molar-refractivity contribution in [3.63, 3.8) is 0 Å². The summed E-state index contributed by atoms with van der Waals surface area (Å²) in [7, 11) is 0. The Morgan fingerprint density at radius 1 is 1.18 bits per heavy atom. The van der Waals surface area contributed by atoms with E-state index in [0.29, 0.717) is 11.0 Å². The first-order chi connectivity index (χ1) is 8.11. The van der Waals surface area contributed by atoms with E-state index in [2.05, 4.69) is 11.8 Å². The first-order valence-electron chi connectivity index (χ1n) is 6.29. The smallest absolute Gasteiger partial charge is 0.0742 e. The number of nitrogens with two attached hydrogens (primary N) is 1. The summed E-state index contributed by atoms with van der Waals surface area (Å²) in [6.07, 6.45) is 0.744. The van der Waals surface area contributed by atoms with Crippen LogP contribution in [0.2, 0.25) is 0 Å². The summed E-state index contributed by atoms with van der Waals surface area (Å²) in [5, 5.41) is 0. The lowest BCUT2D eigenvalue weighted by Crippen LogP contribution is -2.40. The van der Waals surface area contributed by atoms with Crippen LogP contribution in [0.3, 0.4) is 0 Å². The number of ether oxygens (including phenoxy) is 2. The first kappa shape index (κ1) is 16.8. The average molecular weight is 262 g/mol. The predicted molar refractivity (Wildman–Crippen MR) is 75.4 cm³/mol. The molecule has 0 bridgehead atoms. The lowest BCUT2D eigenvalue weighted by atomic mass is 10.2. The van der Waals surface area contributed by atoms with Gasteiger partial charge in [-0.25, -0.2) is 0 Å². The fourth-order valence-electron chi connectivity index (χ4n) is 1.63. The molecule has 0 aromatic rings. The highest BCUT2D eigenvalue weighted by Crippen LogP contribution is 2.04. The topological polar surface area (TPSA) is 47.7 Å². The van der Waals surface area contributed by atoms with Gasteiger partial charge in [0.05, 0.1) is 18.2 Å². The van der Waals surface area contributed by atoms with Crippen molar-refractivity contribution in [2.75, 3.05) is 39.5 Å². The van der Waals surface area contributed by atoms with Gasteiger partial charge < -0.3 is 15.2 Å². The van der Waals surface area contributed by atoms with Gasteiger partial charge in [-0.1, -0.05) is 12.2 Å². The molecule has 1 atom stereocenters. The minimum Gasteiger partial charge on any atom is -0.393 e. The molecule has 0 aliphatic heterocycles. The molecule has 2 N–H and O–H groups in total. The quantitative estimate of drug-likeness (QED) is 0.451. The maximum absolute atomic E-state index is 5.58. The van der Waals surface area contributed by atoms with Gasteiger partial charge in [0, 0.05) is 38.8 Å². The van der Waals surface area contributed by atoms with E-state index in [1.54, 1.807) is 0 Å². The highest BCUT2D eigenvalue weighted by Gasteiger charge is 2.14. The SMILES string of the molecule is CCOCCN(CCOCC)C(C)CC(N)=S. The average Bonchev–Trinajstić information content (AvgIpc) is 2.26. The molecule has 17 heavy (non-hydrogen) atoms. The molecule has 0 rings (SSSR count). The molecule has 0 heterocycles. The Morgan fingerprint density at radius 2 is 1.65 bits per heavy atom. The first-order valence-corrected chi connectivity index (χ1v) is 6.70. The monoisotopic (exact) mass is 262 g/mol. The zero-order valence-corrected chi connectivity index (χ0v) is 12.1. The molecule has 0 spiro atoms.